The first-order valence-electron chi connectivity index (χ1n) is 7.02. The molecule has 7 heteroatoms. The third kappa shape index (κ3) is 3.52. The van der Waals surface area contributed by atoms with E-state index in [4.69, 9.17) is 14.0 Å². The second-order valence-corrected chi connectivity index (χ2v) is 4.83. The van der Waals surface area contributed by atoms with Gasteiger partial charge in [-0.1, -0.05) is 5.16 Å². The Morgan fingerprint density at radius 2 is 1.96 bits per heavy atom. The summed E-state index contributed by atoms with van der Waals surface area (Å²) in [6.07, 6.45) is 1.05. The molecule has 0 amide bonds. The van der Waals surface area contributed by atoms with Crippen LogP contribution in [0.5, 0.6) is 5.75 Å². The summed E-state index contributed by atoms with van der Waals surface area (Å²) in [5.41, 5.74) is 0.901. The summed E-state index contributed by atoms with van der Waals surface area (Å²) < 4.78 is 20.0. The van der Waals surface area contributed by atoms with Crippen molar-refractivity contribution in [2.75, 3.05) is 7.11 Å². The van der Waals surface area contributed by atoms with E-state index >= 15 is 0 Å². The molecule has 3 aromatic rings. The van der Waals surface area contributed by atoms with E-state index in [1.54, 1.807) is 25.3 Å². The summed E-state index contributed by atoms with van der Waals surface area (Å²) in [6, 6.07) is 11.4. The highest BCUT2D eigenvalue weighted by Crippen LogP contribution is 2.23. The average molecular weight is 327 g/mol. The Hall–Kier alpha value is -3.35. The second kappa shape index (κ2) is 6.82. The Labute approximate surface area is 136 Å². The lowest BCUT2D eigenvalue weighted by Gasteiger charge is -2.01. The Kier molecular flexibility index (Phi) is 4.42. The van der Waals surface area contributed by atoms with Crippen LogP contribution in [-0.2, 0) is 11.3 Å². The molecule has 0 N–H and O–H groups in total. The van der Waals surface area contributed by atoms with E-state index in [1.165, 1.54) is 6.07 Å². The first kappa shape index (κ1) is 15.5. The number of aromatic nitrogens is 1. The van der Waals surface area contributed by atoms with Gasteiger partial charge in [0.1, 0.15) is 24.3 Å². The zero-order chi connectivity index (χ0) is 16.9. The molecule has 2 heterocycles. The monoisotopic (exact) mass is 327 g/mol. The molecule has 122 valence electrons. The second-order valence-electron chi connectivity index (χ2n) is 4.83. The van der Waals surface area contributed by atoms with Crippen LogP contribution in [0.25, 0.3) is 11.3 Å². The fourth-order valence-corrected chi connectivity index (χ4v) is 1.97. The van der Waals surface area contributed by atoms with E-state index in [-0.39, 0.29) is 12.2 Å². The van der Waals surface area contributed by atoms with Crippen LogP contribution in [0.2, 0.25) is 0 Å². The van der Waals surface area contributed by atoms with Crippen LogP contribution >= 0.6 is 0 Å². The highest BCUT2D eigenvalue weighted by atomic mass is 16.5. The van der Waals surface area contributed by atoms with Gasteiger partial charge in [-0.3, -0.25) is 0 Å². The number of hydrogen-bond acceptors (Lipinski definition) is 7. The molecular weight excluding hydrogens is 314 g/mol. The Balaban J connectivity index is 1.64. The largest absolute Gasteiger partial charge is 0.497 e. The molecule has 0 saturated heterocycles. The Morgan fingerprint density at radius 3 is 2.62 bits per heavy atom. The van der Waals surface area contributed by atoms with Gasteiger partial charge in [-0.05, 0) is 30.3 Å². The lowest BCUT2D eigenvalue weighted by Crippen LogP contribution is -2.07. The molecule has 0 unspecified atom stereocenters. The smallest absolute Gasteiger partial charge is 0.341 e. The van der Waals surface area contributed by atoms with Crippen molar-refractivity contribution in [1.82, 2.24) is 5.16 Å². The molecule has 0 aliphatic heterocycles. The van der Waals surface area contributed by atoms with Gasteiger partial charge in [-0.2, -0.15) is 0 Å². The number of hydrogen-bond donors (Lipinski definition) is 0. The zero-order valence-electron chi connectivity index (χ0n) is 12.7. The van der Waals surface area contributed by atoms with Crippen LogP contribution in [0.1, 0.15) is 16.1 Å². The maximum atomic E-state index is 11.8. The normalized spacial score (nSPS) is 10.4. The molecule has 0 saturated carbocycles. The molecular formula is C17H13NO6. The number of rotatable bonds is 5. The molecule has 0 aliphatic carbocycles. The minimum atomic E-state index is -0.618. The first-order chi connectivity index (χ1) is 11.7. The topological polar surface area (TPSA) is 91.8 Å². The minimum absolute atomic E-state index is 0.0579. The fraction of sp³-hybridized carbons (Fsp3) is 0.118. The lowest BCUT2D eigenvalue weighted by molar-refractivity contribution is 0.0461. The summed E-state index contributed by atoms with van der Waals surface area (Å²) in [4.78, 5) is 22.7. The molecule has 0 spiro atoms. The van der Waals surface area contributed by atoms with E-state index < -0.39 is 11.6 Å². The summed E-state index contributed by atoms with van der Waals surface area (Å²) in [5.74, 6) is 0.670. The highest BCUT2D eigenvalue weighted by Gasteiger charge is 2.12. The number of benzene rings is 1. The van der Waals surface area contributed by atoms with Crippen LogP contribution in [0.3, 0.4) is 0 Å². The molecule has 0 fully saturated rings. The highest BCUT2D eigenvalue weighted by molar-refractivity contribution is 5.88. The number of carbonyl (C=O) groups is 1. The number of methoxy groups -OCH3 is 1. The van der Waals surface area contributed by atoms with Gasteiger partial charge in [0.25, 0.3) is 0 Å². The molecule has 0 atom stereocenters. The van der Waals surface area contributed by atoms with Gasteiger partial charge in [0, 0.05) is 17.7 Å². The van der Waals surface area contributed by atoms with Gasteiger partial charge >= 0.3 is 11.6 Å². The quantitative estimate of drug-likeness (QED) is 0.665. The molecule has 24 heavy (non-hydrogen) atoms. The van der Waals surface area contributed by atoms with E-state index in [9.17, 15) is 9.59 Å². The van der Waals surface area contributed by atoms with Crippen LogP contribution in [0.4, 0.5) is 0 Å². The molecule has 7 nitrogen and oxygen atoms in total. The number of nitrogens with zero attached hydrogens (tertiary/aromatic N) is 1. The van der Waals surface area contributed by atoms with Crippen LogP contribution in [0.15, 0.2) is 62.5 Å². The van der Waals surface area contributed by atoms with Crippen molar-refractivity contribution in [1.29, 1.82) is 0 Å². The van der Waals surface area contributed by atoms with Crippen molar-refractivity contribution in [3.63, 3.8) is 0 Å². The van der Waals surface area contributed by atoms with Crippen molar-refractivity contribution >= 4 is 5.97 Å². The molecule has 0 bridgehead atoms. The predicted octanol–water partition coefficient (Wildman–Crippen LogP) is 2.66. The lowest BCUT2D eigenvalue weighted by atomic mass is 10.1. The van der Waals surface area contributed by atoms with Gasteiger partial charge < -0.3 is 18.4 Å². The molecule has 0 aliphatic rings. The van der Waals surface area contributed by atoms with Crippen LogP contribution < -0.4 is 10.4 Å². The number of ether oxygens (including phenoxy) is 2. The molecule has 3 rings (SSSR count). The van der Waals surface area contributed by atoms with E-state index in [2.05, 4.69) is 9.57 Å². The van der Waals surface area contributed by atoms with E-state index in [1.807, 2.05) is 12.1 Å². The third-order valence-electron chi connectivity index (χ3n) is 3.22. The standard InChI is InChI=1S/C17H13NO6/c1-21-14-5-2-11(3-6-14)15-8-13(18-24-15)10-23-17(20)12-4-7-16(19)22-9-12/h2-9H,10H2,1H3. The summed E-state index contributed by atoms with van der Waals surface area (Å²) >= 11 is 0. The van der Waals surface area contributed by atoms with Gasteiger partial charge in [-0.25, -0.2) is 9.59 Å². The SMILES string of the molecule is COc1ccc(-c2cc(COC(=O)c3ccc(=O)oc3)no2)cc1. The molecule has 1 aromatic carbocycles. The van der Waals surface area contributed by atoms with E-state index in [0.717, 1.165) is 23.6 Å². The Bertz CT molecular complexity index is 873. The molecule has 0 radical (unpaired) electrons. The van der Waals surface area contributed by atoms with Crippen LogP contribution in [-0.4, -0.2) is 18.2 Å². The summed E-state index contributed by atoms with van der Waals surface area (Å²) in [6.45, 7) is -0.0579. The van der Waals surface area contributed by atoms with Crippen LogP contribution in [0, 0.1) is 0 Å². The number of esters is 1. The third-order valence-corrected chi connectivity index (χ3v) is 3.22. The summed E-state index contributed by atoms with van der Waals surface area (Å²) in [7, 11) is 1.59. The maximum Gasteiger partial charge on any atom is 0.341 e. The van der Waals surface area contributed by atoms with Crippen molar-refractivity contribution < 1.29 is 23.2 Å². The fourth-order valence-electron chi connectivity index (χ4n) is 1.97. The van der Waals surface area contributed by atoms with Crippen molar-refractivity contribution in [3.05, 3.63) is 70.4 Å². The Morgan fingerprint density at radius 1 is 1.17 bits per heavy atom. The zero-order valence-corrected chi connectivity index (χ0v) is 12.7. The van der Waals surface area contributed by atoms with Gasteiger partial charge in [0.2, 0.25) is 0 Å². The van der Waals surface area contributed by atoms with Gasteiger partial charge in [-0.15, -0.1) is 0 Å². The van der Waals surface area contributed by atoms with Gasteiger partial charge in [0.05, 0.1) is 12.7 Å². The minimum Gasteiger partial charge on any atom is -0.497 e. The van der Waals surface area contributed by atoms with Gasteiger partial charge in [0.15, 0.2) is 5.76 Å². The summed E-state index contributed by atoms with van der Waals surface area (Å²) in [5, 5.41) is 3.86. The predicted molar refractivity (Wildman–Crippen MR) is 82.6 cm³/mol. The van der Waals surface area contributed by atoms with E-state index in [0.29, 0.717) is 11.5 Å². The molecule has 2 aromatic heterocycles. The van der Waals surface area contributed by atoms with Crippen molar-refractivity contribution in [2.45, 2.75) is 6.61 Å². The average Bonchev–Trinajstić information content (AvgIpc) is 3.09. The number of carbonyl (C=O) groups excluding carboxylic acids is 1. The first-order valence-corrected chi connectivity index (χ1v) is 7.02. The van der Waals surface area contributed by atoms with Crippen molar-refractivity contribution in [2.24, 2.45) is 0 Å². The van der Waals surface area contributed by atoms with Crippen molar-refractivity contribution in [3.8, 4) is 17.1 Å². The maximum absolute atomic E-state index is 11.8.